The smallest absolute Gasteiger partial charge is 0.0920 e. The molecule has 0 aliphatic heterocycles. The Morgan fingerprint density at radius 2 is 1.62 bits per heavy atom. The maximum Gasteiger partial charge on any atom is 0.0920 e. The fourth-order valence-corrected chi connectivity index (χ4v) is 0.454. The van der Waals surface area contributed by atoms with Gasteiger partial charge in [0.1, 0.15) is 0 Å². The molecule has 0 unspecified atom stereocenters. The van der Waals surface area contributed by atoms with Crippen molar-refractivity contribution in [2.75, 3.05) is 0 Å². The lowest BCUT2D eigenvalue weighted by Crippen LogP contribution is -1.93. The Labute approximate surface area is 48.3 Å². The van der Waals surface area contributed by atoms with E-state index in [4.69, 9.17) is 5.11 Å². The molecular formula is C7H6O. The normalized spacial score (nSPS) is 17.1. The van der Waals surface area contributed by atoms with Gasteiger partial charge in [-0.05, 0) is 24.3 Å². The van der Waals surface area contributed by atoms with E-state index in [1.165, 1.54) is 0 Å². The Morgan fingerprint density at radius 3 is 2.12 bits per heavy atom. The first-order valence-electron chi connectivity index (χ1n) is 2.42. The van der Waals surface area contributed by atoms with E-state index in [2.05, 4.69) is 11.8 Å². The van der Waals surface area contributed by atoms with Crippen molar-refractivity contribution < 1.29 is 5.11 Å². The van der Waals surface area contributed by atoms with E-state index in [0.29, 0.717) is 0 Å². The van der Waals surface area contributed by atoms with Crippen LogP contribution in [0.4, 0.5) is 0 Å². The van der Waals surface area contributed by atoms with Crippen LogP contribution in [0.5, 0.6) is 0 Å². The first kappa shape index (κ1) is 5.14. The van der Waals surface area contributed by atoms with Crippen molar-refractivity contribution in [3.8, 4) is 11.8 Å². The van der Waals surface area contributed by atoms with Crippen molar-refractivity contribution in [2.45, 2.75) is 6.10 Å². The molecule has 0 saturated heterocycles. The highest BCUT2D eigenvalue weighted by molar-refractivity contribution is 5.29. The second-order valence-corrected chi connectivity index (χ2v) is 1.50. The van der Waals surface area contributed by atoms with Gasteiger partial charge in [0.25, 0.3) is 0 Å². The summed E-state index contributed by atoms with van der Waals surface area (Å²) in [6.07, 6.45) is 6.10. The average Bonchev–Trinajstić information content (AvgIpc) is 1.94. The van der Waals surface area contributed by atoms with Gasteiger partial charge >= 0.3 is 0 Å². The van der Waals surface area contributed by atoms with E-state index >= 15 is 0 Å². The second-order valence-electron chi connectivity index (χ2n) is 1.50. The number of aliphatic hydroxyl groups is 1. The molecule has 1 heteroatoms. The Balaban J connectivity index is 2.71. The minimum absolute atomic E-state index is 0.461. The van der Waals surface area contributed by atoms with Crippen LogP contribution >= 0.6 is 0 Å². The summed E-state index contributed by atoms with van der Waals surface area (Å²) in [7, 11) is 0. The molecule has 0 amide bonds. The third-order valence-corrected chi connectivity index (χ3v) is 0.837. The maximum atomic E-state index is 8.84. The van der Waals surface area contributed by atoms with E-state index in [-0.39, 0.29) is 0 Å². The summed E-state index contributed by atoms with van der Waals surface area (Å²) in [6.45, 7) is 0. The van der Waals surface area contributed by atoms with Crippen LogP contribution < -0.4 is 0 Å². The zero-order valence-electron chi connectivity index (χ0n) is 4.33. The van der Waals surface area contributed by atoms with E-state index < -0.39 is 6.10 Å². The van der Waals surface area contributed by atoms with Gasteiger partial charge in [0.05, 0.1) is 6.10 Å². The van der Waals surface area contributed by atoms with Gasteiger partial charge in [0, 0.05) is 0 Å². The summed E-state index contributed by atoms with van der Waals surface area (Å²) >= 11 is 0. The molecule has 0 aromatic rings. The molecule has 0 aromatic heterocycles. The fraction of sp³-hybridized carbons (Fsp3) is 0.143. The van der Waals surface area contributed by atoms with Crippen molar-refractivity contribution in [2.24, 2.45) is 0 Å². The zero-order valence-corrected chi connectivity index (χ0v) is 4.33. The first-order valence-corrected chi connectivity index (χ1v) is 2.42. The van der Waals surface area contributed by atoms with Crippen LogP contribution in [-0.2, 0) is 0 Å². The molecule has 0 atom stereocenters. The van der Waals surface area contributed by atoms with Crippen LogP contribution in [0, 0.1) is 11.8 Å². The van der Waals surface area contributed by atoms with Crippen molar-refractivity contribution in [1.82, 2.24) is 0 Å². The summed E-state index contributed by atoms with van der Waals surface area (Å²) in [6, 6.07) is 0. The fourth-order valence-electron chi connectivity index (χ4n) is 0.454. The van der Waals surface area contributed by atoms with Crippen LogP contribution in [0.15, 0.2) is 24.3 Å². The van der Waals surface area contributed by atoms with Gasteiger partial charge in [-0.3, -0.25) is 0 Å². The number of hydrogen-bond acceptors (Lipinski definition) is 1. The molecule has 40 valence electrons. The predicted molar refractivity (Wildman–Crippen MR) is 32.1 cm³/mol. The summed E-state index contributed by atoms with van der Waals surface area (Å²) in [5.74, 6) is 5.40. The van der Waals surface area contributed by atoms with Crippen LogP contribution in [0.1, 0.15) is 0 Å². The summed E-state index contributed by atoms with van der Waals surface area (Å²) < 4.78 is 0. The van der Waals surface area contributed by atoms with Crippen LogP contribution in [0.25, 0.3) is 0 Å². The Morgan fingerprint density at radius 1 is 1.12 bits per heavy atom. The SMILES string of the molecule is OC1C=CC#CC=C1. The molecular weight excluding hydrogens is 100 g/mol. The minimum atomic E-state index is -0.461. The monoisotopic (exact) mass is 106 g/mol. The summed E-state index contributed by atoms with van der Waals surface area (Å²) in [5, 5.41) is 8.84. The average molecular weight is 106 g/mol. The largest absolute Gasteiger partial charge is 0.385 e. The molecule has 0 spiro atoms. The lowest BCUT2D eigenvalue weighted by Gasteiger charge is -1.89. The highest BCUT2D eigenvalue weighted by Gasteiger charge is 1.88. The first-order chi connectivity index (χ1) is 3.89. The Hall–Kier alpha value is -1.00. The standard InChI is InChI=1S/C7H6O/c8-7-5-3-1-2-4-6-7/h3-8H. The second kappa shape index (κ2) is 2.34. The minimum Gasteiger partial charge on any atom is -0.385 e. The number of allylic oxidation sites excluding steroid dienone is 2. The molecule has 1 N–H and O–H groups in total. The summed E-state index contributed by atoms with van der Waals surface area (Å²) in [4.78, 5) is 0. The molecule has 0 heterocycles. The van der Waals surface area contributed by atoms with Gasteiger partial charge in [-0.2, -0.15) is 0 Å². The molecule has 1 rings (SSSR count). The van der Waals surface area contributed by atoms with Crippen LogP contribution in [-0.4, -0.2) is 11.2 Å². The van der Waals surface area contributed by atoms with Crippen molar-refractivity contribution in [3.63, 3.8) is 0 Å². The highest BCUT2D eigenvalue weighted by Crippen LogP contribution is 1.89. The number of aliphatic hydroxyl groups excluding tert-OH is 1. The number of rotatable bonds is 0. The third-order valence-electron chi connectivity index (χ3n) is 0.837. The zero-order chi connectivity index (χ0) is 5.82. The predicted octanol–water partition coefficient (Wildman–Crippen LogP) is 0.477. The molecule has 0 radical (unpaired) electrons. The van der Waals surface area contributed by atoms with Crippen LogP contribution in [0.2, 0.25) is 0 Å². The highest BCUT2D eigenvalue weighted by atomic mass is 16.3. The third kappa shape index (κ3) is 1.25. The quantitative estimate of drug-likeness (QED) is 0.445. The molecule has 0 saturated carbocycles. The van der Waals surface area contributed by atoms with Gasteiger partial charge in [-0.1, -0.05) is 11.8 Å². The molecule has 8 heavy (non-hydrogen) atoms. The lowest BCUT2D eigenvalue weighted by molar-refractivity contribution is 0.272. The molecule has 0 fully saturated rings. The number of hydrogen-bond donors (Lipinski definition) is 1. The topological polar surface area (TPSA) is 20.2 Å². The molecule has 1 nitrogen and oxygen atoms in total. The van der Waals surface area contributed by atoms with Gasteiger partial charge in [-0.15, -0.1) is 0 Å². The van der Waals surface area contributed by atoms with Crippen LogP contribution in [0.3, 0.4) is 0 Å². The summed E-state index contributed by atoms with van der Waals surface area (Å²) in [5.41, 5.74) is 0. The van der Waals surface area contributed by atoms with E-state index in [1.54, 1.807) is 24.3 Å². The van der Waals surface area contributed by atoms with Gasteiger partial charge in [0.2, 0.25) is 0 Å². The maximum absolute atomic E-state index is 8.84. The van der Waals surface area contributed by atoms with E-state index in [1.807, 2.05) is 0 Å². The molecule has 0 bridgehead atoms. The van der Waals surface area contributed by atoms with Gasteiger partial charge in [0.15, 0.2) is 0 Å². The van der Waals surface area contributed by atoms with Gasteiger partial charge in [-0.25, -0.2) is 0 Å². The van der Waals surface area contributed by atoms with E-state index in [0.717, 1.165) is 0 Å². The van der Waals surface area contributed by atoms with Gasteiger partial charge < -0.3 is 5.11 Å². The molecule has 1 aliphatic rings. The molecule has 1 aliphatic carbocycles. The van der Waals surface area contributed by atoms with Crippen molar-refractivity contribution in [1.29, 1.82) is 0 Å². The van der Waals surface area contributed by atoms with E-state index in [9.17, 15) is 0 Å². The van der Waals surface area contributed by atoms with Crippen molar-refractivity contribution in [3.05, 3.63) is 24.3 Å². The Bertz CT molecular complexity index is 160. The molecule has 0 aromatic carbocycles. The Kier molecular flexibility index (Phi) is 1.51. The lowest BCUT2D eigenvalue weighted by atomic mass is 10.3. The van der Waals surface area contributed by atoms with Crippen molar-refractivity contribution >= 4 is 0 Å².